The van der Waals surface area contributed by atoms with Gasteiger partial charge in [-0.15, -0.1) is 11.3 Å². The maximum Gasteiger partial charge on any atom is 0.305 e. The van der Waals surface area contributed by atoms with E-state index in [0.717, 1.165) is 11.3 Å². The number of carbonyl (C=O) groups excluding carboxylic acids is 2. The average molecular weight is 269 g/mol. The van der Waals surface area contributed by atoms with Gasteiger partial charge in [0.2, 0.25) is 0 Å². The second-order valence-electron chi connectivity index (χ2n) is 3.78. The molecule has 0 atom stereocenters. The van der Waals surface area contributed by atoms with Crippen molar-refractivity contribution in [2.75, 3.05) is 13.2 Å². The molecule has 0 saturated carbocycles. The van der Waals surface area contributed by atoms with E-state index in [0.29, 0.717) is 26.0 Å². The average Bonchev–Trinajstić information content (AvgIpc) is 2.83. The fraction of sp³-hybridized carbons (Fsp3) is 0.538. The van der Waals surface area contributed by atoms with Crippen LogP contribution in [0.5, 0.6) is 0 Å². The Morgan fingerprint density at radius 3 is 2.72 bits per heavy atom. The largest absolute Gasteiger partial charge is 0.466 e. The molecule has 0 aliphatic heterocycles. The van der Waals surface area contributed by atoms with Gasteiger partial charge in [0.25, 0.3) is 5.91 Å². The molecule has 1 rings (SSSR count). The highest BCUT2D eigenvalue weighted by molar-refractivity contribution is 7.14. The van der Waals surface area contributed by atoms with Crippen molar-refractivity contribution in [3.63, 3.8) is 0 Å². The molecule has 0 radical (unpaired) electrons. The SMILES string of the molecule is CCOC(=O)CCCNC(=O)c1ccc(CC)s1. The van der Waals surface area contributed by atoms with Gasteiger partial charge in [-0.3, -0.25) is 9.59 Å². The van der Waals surface area contributed by atoms with Crippen LogP contribution >= 0.6 is 11.3 Å². The first-order valence-electron chi connectivity index (χ1n) is 6.19. The number of rotatable bonds is 7. The zero-order valence-corrected chi connectivity index (χ0v) is 11.6. The minimum Gasteiger partial charge on any atom is -0.466 e. The number of hydrogen-bond donors (Lipinski definition) is 1. The molecule has 0 unspecified atom stereocenters. The van der Waals surface area contributed by atoms with Crippen molar-refractivity contribution in [1.29, 1.82) is 0 Å². The van der Waals surface area contributed by atoms with Crippen LogP contribution in [0.2, 0.25) is 0 Å². The van der Waals surface area contributed by atoms with Crippen LogP contribution in [0.4, 0.5) is 0 Å². The zero-order chi connectivity index (χ0) is 13.4. The van der Waals surface area contributed by atoms with Crippen LogP contribution in [0.15, 0.2) is 12.1 Å². The van der Waals surface area contributed by atoms with Crippen LogP contribution in [-0.4, -0.2) is 25.0 Å². The minimum absolute atomic E-state index is 0.0661. The van der Waals surface area contributed by atoms with E-state index in [2.05, 4.69) is 12.2 Å². The van der Waals surface area contributed by atoms with Gasteiger partial charge in [-0.1, -0.05) is 6.92 Å². The molecular weight excluding hydrogens is 250 g/mol. The monoisotopic (exact) mass is 269 g/mol. The molecule has 1 aromatic heterocycles. The predicted molar refractivity (Wildman–Crippen MR) is 71.9 cm³/mol. The van der Waals surface area contributed by atoms with E-state index in [1.165, 1.54) is 16.2 Å². The normalized spacial score (nSPS) is 10.1. The molecule has 0 bridgehead atoms. The molecule has 0 aliphatic carbocycles. The molecule has 4 nitrogen and oxygen atoms in total. The number of hydrogen-bond acceptors (Lipinski definition) is 4. The van der Waals surface area contributed by atoms with E-state index in [-0.39, 0.29) is 11.9 Å². The fourth-order valence-electron chi connectivity index (χ4n) is 1.44. The summed E-state index contributed by atoms with van der Waals surface area (Å²) in [6.07, 6.45) is 1.90. The lowest BCUT2D eigenvalue weighted by atomic mass is 10.3. The highest BCUT2D eigenvalue weighted by Gasteiger charge is 2.08. The van der Waals surface area contributed by atoms with Gasteiger partial charge in [0, 0.05) is 17.8 Å². The lowest BCUT2D eigenvalue weighted by molar-refractivity contribution is -0.143. The molecule has 0 aliphatic rings. The van der Waals surface area contributed by atoms with Crippen LogP contribution < -0.4 is 5.32 Å². The molecule has 100 valence electrons. The summed E-state index contributed by atoms with van der Waals surface area (Å²) in [5, 5.41) is 2.80. The molecule has 0 saturated heterocycles. The van der Waals surface area contributed by atoms with E-state index in [1.54, 1.807) is 6.92 Å². The standard InChI is InChI=1S/C13H19NO3S/c1-3-10-7-8-11(18-10)13(16)14-9-5-6-12(15)17-4-2/h7-8H,3-6,9H2,1-2H3,(H,14,16). The highest BCUT2D eigenvalue weighted by atomic mass is 32.1. The Morgan fingerprint density at radius 2 is 2.11 bits per heavy atom. The predicted octanol–water partition coefficient (Wildman–Crippen LogP) is 2.38. The molecule has 1 N–H and O–H groups in total. The molecule has 0 spiro atoms. The summed E-state index contributed by atoms with van der Waals surface area (Å²) >= 11 is 1.51. The first-order chi connectivity index (χ1) is 8.67. The van der Waals surface area contributed by atoms with Gasteiger partial charge < -0.3 is 10.1 Å². The van der Waals surface area contributed by atoms with Gasteiger partial charge in [-0.05, 0) is 31.9 Å². The number of thiophene rings is 1. The van der Waals surface area contributed by atoms with Crippen LogP contribution in [-0.2, 0) is 16.0 Å². The molecular formula is C13H19NO3S. The number of nitrogens with one attached hydrogen (secondary N) is 1. The fourth-order valence-corrected chi connectivity index (χ4v) is 2.31. The highest BCUT2D eigenvalue weighted by Crippen LogP contribution is 2.16. The van der Waals surface area contributed by atoms with Crippen molar-refractivity contribution in [3.05, 3.63) is 21.9 Å². The number of carbonyl (C=O) groups is 2. The Morgan fingerprint density at radius 1 is 1.33 bits per heavy atom. The third-order valence-corrected chi connectivity index (χ3v) is 3.61. The molecule has 18 heavy (non-hydrogen) atoms. The summed E-state index contributed by atoms with van der Waals surface area (Å²) in [7, 11) is 0. The van der Waals surface area contributed by atoms with E-state index in [1.807, 2.05) is 12.1 Å². The summed E-state index contributed by atoms with van der Waals surface area (Å²) in [6, 6.07) is 3.81. The molecule has 1 aromatic rings. The Balaban J connectivity index is 2.23. The Hall–Kier alpha value is -1.36. The lowest BCUT2D eigenvalue weighted by Crippen LogP contribution is -2.24. The maximum absolute atomic E-state index is 11.7. The summed E-state index contributed by atoms with van der Waals surface area (Å²) in [4.78, 5) is 24.7. The van der Waals surface area contributed by atoms with Crippen molar-refractivity contribution in [2.45, 2.75) is 33.1 Å². The Kier molecular flexibility index (Phi) is 6.43. The number of ether oxygens (including phenoxy) is 1. The van der Waals surface area contributed by atoms with Gasteiger partial charge in [-0.2, -0.15) is 0 Å². The van der Waals surface area contributed by atoms with Crippen molar-refractivity contribution >= 4 is 23.2 Å². The van der Waals surface area contributed by atoms with Crippen molar-refractivity contribution in [3.8, 4) is 0 Å². The first-order valence-corrected chi connectivity index (χ1v) is 7.01. The second kappa shape index (κ2) is 7.87. The molecule has 5 heteroatoms. The topological polar surface area (TPSA) is 55.4 Å². The van der Waals surface area contributed by atoms with Crippen LogP contribution in [0.25, 0.3) is 0 Å². The van der Waals surface area contributed by atoms with E-state index in [9.17, 15) is 9.59 Å². The number of amides is 1. The summed E-state index contributed by atoms with van der Waals surface area (Å²) in [5.74, 6) is -0.278. The smallest absolute Gasteiger partial charge is 0.305 e. The van der Waals surface area contributed by atoms with Crippen LogP contribution in [0.3, 0.4) is 0 Å². The Labute approximate surface area is 111 Å². The maximum atomic E-state index is 11.7. The van der Waals surface area contributed by atoms with Gasteiger partial charge in [0.05, 0.1) is 11.5 Å². The lowest BCUT2D eigenvalue weighted by Gasteiger charge is -2.03. The van der Waals surface area contributed by atoms with Gasteiger partial charge >= 0.3 is 5.97 Å². The molecule has 1 heterocycles. The number of aryl methyl sites for hydroxylation is 1. The van der Waals surface area contributed by atoms with Gasteiger partial charge in [0.1, 0.15) is 0 Å². The minimum atomic E-state index is -0.212. The second-order valence-corrected chi connectivity index (χ2v) is 4.95. The van der Waals surface area contributed by atoms with E-state index >= 15 is 0 Å². The van der Waals surface area contributed by atoms with E-state index < -0.39 is 0 Å². The summed E-state index contributed by atoms with van der Waals surface area (Å²) in [5.41, 5.74) is 0. The van der Waals surface area contributed by atoms with Gasteiger partial charge in [-0.25, -0.2) is 0 Å². The third-order valence-electron chi connectivity index (χ3n) is 2.38. The van der Waals surface area contributed by atoms with Crippen molar-refractivity contribution in [1.82, 2.24) is 5.32 Å². The third kappa shape index (κ3) is 4.87. The van der Waals surface area contributed by atoms with E-state index in [4.69, 9.17) is 4.74 Å². The molecule has 1 amide bonds. The van der Waals surface area contributed by atoms with Crippen molar-refractivity contribution < 1.29 is 14.3 Å². The summed E-state index contributed by atoms with van der Waals surface area (Å²) < 4.78 is 4.80. The first kappa shape index (κ1) is 14.7. The van der Waals surface area contributed by atoms with Crippen LogP contribution in [0.1, 0.15) is 41.2 Å². The summed E-state index contributed by atoms with van der Waals surface area (Å²) in [6.45, 7) is 4.74. The van der Waals surface area contributed by atoms with Crippen molar-refractivity contribution in [2.24, 2.45) is 0 Å². The Bertz CT molecular complexity index is 401. The molecule has 0 fully saturated rings. The molecule has 0 aromatic carbocycles. The zero-order valence-electron chi connectivity index (χ0n) is 10.8. The van der Waals surface area contributed by atoms with Crippen LogP contribution in [0, 0.1) is 0 Å². The van der Waals surface area contributed by atoms with Gasteiger partial charge in [0.15, 0.2) is 0 Å². The quantitative estimate of drug-likeness (QED) is 0.611. The number of esters is 1.